The minimum atomic E-state index is -2.94. The number of nitrogens with one attached hydrogen (secondary N) is 2. The Bertz CT molecular complexity index is 2180. The van der Waals surface area contributed by atoms with E-state index < -0.39 is 30.4 Å². The van der Waals surface area contributed by atoms with Crippen molar-refractivity contribution in [1.82, 2.24) is 29.9 Å². The number of hydrogen-bond acceptors (Lipinski definition) is 11. The molecule has 4 fully saturated rings. The van der Waals surface area contributed by atoms with Crippen molar-refractivity contribution >= 4 is 36.9 Å². The molecular weight excluding hydrogens is 771 g/mol. The zero-order chi connectivity index (χ0) is 42.9. The first-order valence-corrected chi connectivity index (χ1v) is 20.6. The van der Waals surface area contributed by atoms with Gasteiger partial charge in [-0.3, -0.25) is 19.2 Å². The Balaban J connectivity index is 0.00000101. The topological polar surface area (TPSA) is 203 Å². The summed E-state index contributed by atoms with van der Waals surface area (Å²) in [6, 6.07) is 11.1. The average molecular weight is 826 g/mol. The maximum absolute atomic E-state index is 13.8. The van der Waals surface area contributed by atoms with E-state index in [0.717, 1.165) is 59.0 Å². The highest BCUT2D eigenvalue weighted by Crippen LogP contribution is 2.50. The molecule has 5 heterocycles. The van der Waals surface area contributed by atoms with Crippen LogP contribution in [0.3, 0.4) is 0 Å². The number of carbonyl (C=O) groups is 2. The summed E-state index contributed by atoms with van der Waals surface area (Å²) < 4.78 is 29.7. The second-order valence-corrected chi connectivity index (χ2v) is 16.3. The summed E-state index contributed by atoms with van der Waals surface area (Å²) in [5.41, 5.74) is 15.1. The summed E-state index contributed by atoms with van der Waals surface area (Å²) in [6.07, 6.45) is 10.0. The van der Waals surface area contributed by atoms with Gasteiger partial charge in [0.2, 0.25) is 0 Å². The fraction of sp³-hybridized carbons (Fsp3) is 0.500. The summed E-state index contributed by atoms with van der Waals surface area (Å²) in [7, 11) is 10.5. The Morgan fingerprint density at radius 2 is 1.78 bits per heavy atom. The first-order chi connectivity index (χ1) is 28.6. The number of rotatable bonds is 11. The normalized spacial score (nSPS) is 22.0. The van der Waals surface area contributed by atoms with E-state index in [9.17, 15) is 28.6 Å². The van der Waals surface area contributed by atoms with Gasteiger partial charge in [0.05, 0.1) is 59.0 Å². The van der Waals surface area contributed by atoms with Gasteiger partial charge < -0.3 is 42.1 Å². The number of likely N-dealkylation sites (tertiary alicyclic amines) is 2. The van der Waals surface area contributed by atoms with Crippen molar-refractivity contribution in [1.29, 1.82) is 0 Å². The highest BCUT2D eigenvalue weighted by Gasteiger charge is 2.42. The first-order valence-electron chi connectivity index (χ1n) is 20.6. The van der Waals surface area contributed by atoms with Crippen LogP contribution in [0.5, 0.6) is 0 Å². The Kier molecular flexibility index (Phi) is 12.4. The number of amides is 2. The van der Waals surface area contributed by atoms with Crippen LogP contribution in [0.25, 0.3) is 11.1 Å². The van der Waals surface area contributed by atoms with Crippen molar-refractivity contribution < 1.29 is 28.6 Å². The van der Waals surface area contributed by atoms with Gasteiger partial charge in [0, 0.05) is 62.3 Å². The Labute approximate surface area is 350 Å². The van der Waals surface area contributed by atoms with Gasteiger partial charge >= 0.3 is 0 Å². The van der Waals surface area contributed by atoms with Gasteiger partial charge in [0.25, 0.3) is 17.7 Å². The lowest BCUT2D eigenvalue weighted by atomic mass is 9.83. The van der Waals surface area contributed by atoms with Crippen LogP contribution in [0.2, 0.25) is 0 Å². The minimum absolute atomic E-state index is 0.00996. The van der Waals surface area contributed by atoms with Crippen LogP contribution in [0, 0.1) is 5.92 Å². The molecule has 2 saturated heterocycles. The molecule has 2 atom stereocenters. The van der Waals surface area contributed by atoms with Crippen LogP contribution in [-0.2, 0) is 10.4 Å². The molecule has 2 amide bonds. The van der Waals surface area contributed by atoms with E-state index in [2.05, 4.69) is 37.1 Å². The quantitative estimate of drug-likeness (QED) is 0.0529. The smallest absolute Gasteiger partial charge is 0.272 e. The Morgan fingerprint density at radius 3 is 2.38 bits per heavy atom. The van der Waals surface area contributed by atoms with Crippen LogP contribution < -0.4 is 27.0 Å². The summed E-state index contributed by atoms with van der Waals surface area (Å²) in [5, 5.41) is 32.7. The molecule has 1 aromatic carbocycles. The maximum atomic E-state index is 13.8. The molecule has 3 aliphatic heterocycles. The molecule has 2 saturated carbocycles. The molecule has 2 aromatic heterocycles. The molecule has 2 unspecified atom stereocenters. The third kappa shape index (κ3) is 9.05. The Morgan fingerprint density at radius 1 is 1.07 bits per heavy atom. The number of aromatic nitrogens is 3. The molecule has 8 rings (SSSR count). The number of benzene rings is 1. The molecule has 5 aliphatic rings. The standard InChI is InChI=1S/C38H45BF2N10O4.C4H9N/c1-3-30-34-25(24-6-4-7-27(33(24)48(30)2)45-29(26(42)20-52)18-32(43)47-35(53)22-10-11-22)19-44-51(34)23-12-15-50(16-13-23)38(39,55)31-9-5-8-28(46-31)36(54)49-17-14-37(40,41)21-49;1-5-4-2-3-4/h4-9,18-20,22-23,30,45,52,55H,3,10-17,21,42H2,1-2H3,(H2,43,47,53);4-5H,2-3H2,1H3/b26-20+,29-18+;. The van der Waals surface area contributed by atoms with E-state index >= 15 is 0 Å². The number of pyridine rings is 1. The highest BCUT2D eigenvalue weighted by atomic mass is 19.3. The van der Waals surface area contributed by atoms with E-state index in [1.54, 1.807) is 11.0 Å². The molecular formula is C42H54BF2N11O4. The number of anilines is 2. The van der Waals surface area contributed by atoms with Crippen LogP contribution >= 0.6 is 0 Å². The van der Waals surface area contributed by atoms with E-state index in [-0.39, 0.29) is 59.1 Å². The monoisotopic (exact) mass is 825 g/mol. The average Bonchev–Trinajstić information content (AvgIpc) is 4.19. The second-order valence-electron chi connectivity index (χ2n) is 16.3. The number of hydrogen-bond donors (Lipinski definition) is 6. The van der Waals surface area contributed by atoms with Crippen molar-refractivity contribution in [2.24, 2.45) is 22.4 Å². The van der Waals surface area contributed by atoms with Gasteiger partial charge in [0.1, 0.15) is 31.3 Å². The fourth-order valence-electron chi connectivity index (χ4n) is 8.20. The number of fused-ring (bicyclic) bond motifs is 3. The predicted octanol–water partition coefficient (Wildman–Crippen LogP) is 4.25. The molecule has 0 bridgehead atoms. The number of aliphatic hydroxyl groups is 2. The van der Waals surface area contributed by atoms with Crippen molar-refractivity contribution in [2.45, 2.75) is 88.0 Å². The lowest BCUT2D eigenvalue weighted by Crippen LogP contribution is -2.51. The number of amidine groups is 1. The third-order valence-corrected chi connectivity index (χ3v) is 11.9. The number of alkyl halides is 2. The maximum Gasteiger partial charge on any atom is 0.272 e. The summed E-state index contributed by atoms with van der Waals surface area (Å²) in [6.45, 7) is 2.16. The highest BCUT2D eigenvalue weighted by molar-refractivity contribution is 6.14. The predicted molar refractivity (Wildman–Crippen MR) is 226 cm³/mol. The van der Waals surface area contributed by atoms with Crippen LogP contribution in [0.1, 0.15) is 92.3 Å². The summed E-state index contributed by atoms with van der Waals surface area (Å²) in [4.78, 5) is 38.5. The molecule has 60 heavy (non-hydrogen) atoms. The van der Waals surface area contributed by atoms with E-state index in [1.807, 2.05) is 38.5 Å². The van der Waals surface area contributed by atoms with E-state index in [1.165, 1.54) is 31.1 Å². The third-order valence-electron chi connectivity index (χ3n) is 11.9. The first kappa shape index (κ1) is 42.8. The lowest BCUT2D eigenvalue weighted by Gasteiger charge is -2.43. The van der Waals surface area contributed by atoms with Crippen molar-refractivity contribution in [3.8, 4) is 11.1 Å². The zero-order valence-electron chi connectivity index (χ0n) is 34.3. The number of nitrogens with two attached hydrogens (primary N) is 2. The summed E-state index contributed by atoms with van der Waals surface area (Å²) in [5.74, 6) is -3.96. The van der Waals surface area contributed by atoms with Gasteiger partial charge in [-0.15, -0.1) is 0 Å². The van der Waals surface area contributed by atoms with Gasteiger partial charge in [-0.25, -0.2) is 13.8 Å². The van der Waals surface area contributed by atoms with E-state index in [0.29, 0.717) is 31.6 Å². The van der Waals surface area contributed by atoms with Crippen molar-refractivity contribution in [2.75, 3.05) is 50.5 Å². The molecule has 3 aromatic rings. The SMILES string of the molecule is CNC1CC1.[B]C(O)(c1cccc(C(=O)N2CCC(F)(F)C2)n1)N1CCC(n2ncc3c2C(CC)N(C)c2c(NC(=C/C(N)=NC(=O)C4CC4)/C(N)=C\O)cccc2-3)CC1. The zero-order valence-corrected chi connectivity index (χ0v) is 34.3. The number of aliphatic hydroxyl groups excluding tert-OH is 1. The number of piperidine rings is 1. The molecule has 0 spiro atoms. The fourth-order valence-corrected chi connectivity index (χ4v) is 8.20. The molecule has 15 nitrogen and oxygen atoms in total. The Hall–Kier alpha value is -5.33. The molecule has 2 aliphatic carbocycles. The van der Waals surface area contributed by atoms with Gasteiger partial charge in [-0.2, -0.15) is 10.1 Å². The van der Waals surface area contributed by atoms with Crippen LogP contribution in [0.15, 0.2) is 71.3 Å². The largest absolute Gasteiger partial charge is 0.513 e. The minimum Gasteiger partial charge on any atom is -0.513 e. The molecule has 8 N–H and O–H groups in total. The van der Waals surface area contributed by atoms with Crippen molar-refractivity contribution in [3.05, 3.63) is 83.4 Å². The molecule has 2 radical (unpaired) electrons. The second kappa shape index (κ2) is 17.3. The number of para-hydroxylation sites is 1. The summed E-state index contributed by atoms with van der Waals surface area (Å²) >= 11 is 0. The van der Waals surface area contributed by atoms with Crippen molar-refractivity contribution in [3.63, 3.8) is 0 Å². The van der Waals surface area contributed by atoms with E-state index in [4.69, 9.17) is 24.4 Å². The molecule has 318 valence electrons. The van der Waals surface area contributed by atoms with Gasteiger partial charge in [0.15, 0.2) is 0 Å². The number of carbonyl (C=O) groups excluding carboxylic acids is 2. The van der Waals surface area contributed by atoms with Gasteiger partial charge in [-0.05, 0) is 70.2 Å². The number of halogens is 2. The van der Waals surface area contributed by atoms with Crippen LogP contribution in [-0.4, -0.2) is 113 Å². The number of aliphatic imine (C=N–C) groups is 1. The van der Waals surface area contributed by atoms with Crippen LogP contribution in [0.4, 0.5) is 20.2 Å². The van der Waals surface area contributed by atoms with Gasteiger partial charge in [-0.1, -0.05) is 25.1 Å². The number of nitrogens with zero attached hydrogens (tertiary/aromatic N) is 7. The molecule has 18 heteroatoms. The lowest BCUT2D eigenvalue weighted by molar-refractivity contribution is -0.118.